The molecular weight excluding hydrogens is 316 g/mol. The van der Waals surface area contributed by atoms with E-state index in [1.807, 2.05) is 18.2 Å². The lowest BCUT2D eigenvalue weighted by Gasteiger charge is -2.12. The highest BCUT2D eigenvalue weighted by molar-refractivity contribution is 6.36. The van der Waals surface area contributed by atoms with Crippen molar-refractivity contribution < 1.29 is 14.3 Å². The molecule has 6 heteroatoms. The van der Waals surface area contributed by atoms with Gasteiger partial charge in [-0.25, -0.2) is 4.79 Å². The first-order chi connectivity index (χ1) is 11.1. The molecular formula is C17H13ClN2O3. The Bertz CT molecular complexity index is 830. The third-order valence-corrected chi connectivity index (χ3v) is 3.81. The molecule has 5 nitrogen and oxygen atoms in total. The Labute approximate surface area is 137 Å². The van der Waals surface area contributed by atoms with Crippen LogP contribution in [0.3, 0.4) is 0 Å². The van der Waals surface area contributed by atoms with Crippen molar-refractivity contribution in [2.45, 2.75) is 0 Å². The van der Waals surface area contributed by atoms with E-state index in [2.05, 4.69) is 10.3 Å². The molecule has 0 aromatic heterocycles. The monoisotopic (exact) mass is 328 g/mol. The van der Waals surface area contributed by atoms with E-state index in [1.54, 1.807) is 24.3 Å². The summed E-state index contributed by atoms with van der Waals surface area (Å²) < 4.78 is 4.75. The number of anilines is 1. The first-order valence-electron chi connectivity index (χ1n) is 6.92. The van der Waals surface area contributed by atoms with Crippen molar-refractivity contribution in [1.29, 1.82) is 0 Å². The molecule has 1 aliphatic heterocycles. The number of benzene rings is 2. The topological polar surface area (TPSA) is 67.8 Å². The highest BCUT2D eigenvalue weighted by Gasteiger charge is 2.21. The molecule has 0 aliphatic carbocycles. The van der Waals surface area contributed by atoms with Crippen molar-refractivity contribution >= 4 is 34.9 Å². The highest BCUT2D eigenvalue weighted by atomic mass is 35.5. The first-order valence-corrected chi connectivity index (χ1v) is 7.30. The average Bonchev–Trinajstić information content (AvgIpc) is 2.72. The van der Waals surface area contributed by atoms with Crippen molar-refractivity contribution in [3.05, 3.63) is 64.2 Å². The van der Waals surface area contributed by atoms with Crippen LogP contribution in [0.5, 0.6) is 0 Å². The zero-order valence-electron chi connectivity index (χ0n) is 12.3. The van der Waals surface area contributed by atoms with Crippen LogP contribution in [0.1, 0.15) is 21.5 Å². The maximum Gasteiger partial charge on any atom is 0.337 e. The van der Waals surface area contributed by atoms with Gasteiger partial charge in [0.05, 0.1) is 24.1 Å². The SMILES string of the molecule is COC(=O)c1ccc2c(c1)C(c1ccccc1Cl)=NCC(=O)N2. The molecule has 116 valence electrons. The van der Waals surface area contributed by atoms with Gasteiger partial charge in [0.15, 0.2) is 0 Å². The van der Waals surface area contributed by atoms with Crippen molar-refractivity contribution in [2.24, 2.45) is 4.99 Å². The van der Waals surface area contributed by atoms with Gasteiger partial charge < -0.3 is 10.1 Å². The molecule has 0 unspecified atom stereocenters. The van der Waals surface area contributed by atoms with Gasteiger partial charge in [-0.15, -0.1) is 0 Å². The third kappa shape index (κ3) is 2.96. The van der Waals surface area contributed by atoms with Crippen LogP contribution in [-0.4, -0.2) is 31.2 Å². The van der Waals surface area contributed by atoms with Gasteiger partial charge >= 0.3 is 5.97 Å². The molecule has 1 heterocycles. The quantitative estimate of drug-likeness (QED) is 0.862. The van der Waals surface area contributed by atoms with Crippen LogP contribution >= 0.6 is 11.6 Å². The van der Waals surface area contributed by atoms with Gasteiger partial charge in [-0.1, -0.05) is 29.8 Å². The molecule has 0 saturated carbocycles. The standard InChI is InChI=1S/C17H13ClN2O3/c1-23-17(22)10-6-7-14-12(8-10)16(19-9-15(21)20-14)11-4-2-3-5-13(11)18/h2-8H,9H2,1H3,(H,20,21). The van der Waals surface area contributed by atoms with E-state index in [0.29, 0.717) is 33.1 Å². The number of aliphatic imine (C=N–C) groups is 1. The number of halogens is 1. The molecule has 0 radical (unpaired) electrons. The fraction of sp³-hybridized carbons (Fsp3) is 0.118. The first kappa shape index (κ1) is 15.2. The minimum Gasteiger partial charge on any atom is -0.465 e. The van der Waals surface area contributed by atoms with Crippen molar-refractivity contribution in [1.82, 2.24) is 0 Å². The van der Waals surface area contributed by atoms with E-state index >= 15 is 0 Å². The molecule has 2 aromatic carbocycles. The van der Waals surface area contributed by atoms with Crippen molar-refractivity contribution in [3.63, 3.8) is 0 Å². The van der Waals surface area contributed by atoms with E-state index in [1.165, 1.54) is 7.11 Å². The smallest absolute Gasteiger partial charge is 0.337 e. The molecule has 1 amide bonds. The maximum absolute atomic E-state index is 11.8. The van der Waals surface area contributed by atoms with Gasteiger partial charge in [0, 0.05) is 16.1 Å². The lowest BCUT2D eigenvalue weighted by atomic mass is 9.98. The molecule has 0 saturated heterocycles. The summed E-state index contributed by atoms with van der Waals surface area (Å²) in [5.41, 5.74) is 2.86. The molecule has 23 heavy (non-hydrogen) atoms. The van der Waals surface area contributed by atoms with Gasteiger partial charge in [0.25, 0.3) is 0 Å². The number of benzodiazepines with no additional fused rings is 1. The average molecular weight is 329 g/mol. The minimum atomic E-state index is -0.457. The van der Waals surface area contributed by atoms with Crippen LogP contribution in [-0.2, 0) is 9.53 Å². The second kappa shape index (κ2) is 6.22. The number of amides is 1. The second-order valence-corrected chi connectivity index (χ2v) is 5.35. The second-order valence-electron chi connectivity index (χ2n) is 4.94. The number of nitrogens with zero attached hydrogens (tertiary/aromatic N) is 1. The Hall–Kier alpha value is -2.66. The lowest BCUT2D eigenvalue weighted by Crippen LogP contribution is -2.13. The third-order valence-electron chi connectivity index (χ3n) is 3.48. The summed E-state index contributed by atoms with van der Waals surface area (Å²) in [5, 5.41) is 3.30. The molecule has 0 fully saturated rings. The number of carbonyl (C=O) groups excluding carboxylic acids is 2. The number of hydrogen-bond acceptors (Lipinski definition) is 4. The summed E-state index contributed by atoms with van der Waals surface area (Å²) in [6.07, 6.45) is 0. The van der Waals surface area contributed by atoms with Crippen LogP contribution in [0.25, 0.3) is 0 Å². The summed E-state index contributed by atoms with van der Waals surface area (Å²) in [6, 6.07) is 12.1. The minimum absolute atomic E-state index is 0.0111. The number of rotatable bonds is 2. The molecule has 0 atom stereocenters. The van der Waals surface area contributed by atoms with Crippen LogP contribution in [0.2, 0.25) is 5.02 Å². The van der Waals surface area contributed by atoms with Crippen LogP contribution in [0.4, 0.5) is 5.69 Å². The fourth-order valence-corrected chi connectivity index (χ4v) is 2.63. The Morgan fingerprint density at radius 2 is 2.00 bits per heavy atom. The Morgan fingerprint density at radius 1 is 1.22 bits per heavy atom. The van der Waals surface area contributed by atoms with Gasteiger partial charge in [-0.2, -0.15) is 0 Å². The van der Waals surface area contributed by atoms with E-state index in [4.69, 9.17) is 16.3 Å². The van der Waals surface area contributed by atoms with Crippen LogP contribution < -0.4 is 5.32 Å². The normalized spacial score (nSPS) is 13.5. The lowest BCUT2D eigenvalue weighted by molar-refractivity contribution is -0.114. The van der Waals surface area contributed by atoms with Crippen LogP contribution in [0.15, 0.2) is 47.5 Å². The molecule has 1 aliphatic rings. The molecule has 0 spiro atoms. The molecule has 3 rings (SSSR count). The predicted molar refractivity (Wildman–Crippen MR) is 88.4 cm³/mol. The van der Waals surface area contributed by atoms with Crippen LogP contribution in [0, 0.1) is 0 Å². The van der Waals surface area contributed by atoms with E-state index in [9.17, 15) is 9.59 Å². The Kier molecular flexibility index (Phi) is 4.12. The molecule has 0 bridgehead atoms. The summed E-state index contributed by atoms with van der Waals surface area (Å²) in [5.74, 6) is -0.680. The Morgan fingerprint density at radius 3 is 2.74 bits per heavy atom. The predicted octanol–water partition coefficient (Wildman–Crippen LogP) is 2.92. The maximum atomic E-state index is 11.8. The fourth-order valence-electron chi connectivity index (χ4n) is 2.40. The zero-order chi connectivity index (χ0) is 16.4. The highest BCUT2D eigenvalue weighted by Crippen LogP contribution is 2.27. The number of nitrogens with one attached hydrogen (secondary N) is 1. The number of methoxy groups -OCH3 is 1. The van der Waals surface area contributed by atoms with Gasteiger partial charge in [-0.3, -0.25) is 9.79 Å². The molecule has 2 aromatic rings. The summed E-state index contributed by atoms with van der Waals surface area (Å²) in [7, 11) is 1.32. The van der Waals surface area contributed by atoms with E-state index in [-0.39, 0.29) is 12.5 Å². The van der Waals surface area contributed by atoms with Gasteiger partial charge in [0.2, 0.25) is 5.91 Å². The summed E-state index contributed by atoms with van der Waals surface area (Å²) >= 11 is 6.27. The number of fused-ring (bicyclic) bond motifs is 1. The number of esters is 1. The molecule has 1 N–H and O–H groups in total. The summed E-state index contributed by atoms with van der Waals surface area (Å²) in [6.45, 7) is -0.0111. The largest absolute Gasteiger partial charge is 0.465 e. The van der Waals surface area contributed by atoms with Gasteiger partial charge in [0.1, 0.15) is 6.54 Å². The van der Waals surface area contributed by atoms with Crippen molar-refractivity contribution in [2.75, 3.05) is 19.0 Å². The zero-order valence-corrected chi connectivity index (χ0v) is 13.1. The summed E-state index contributed by atoms with van der Waals surface area (Å²) in [4.78, 5) is 28.0. The number of ether oxygens (including phenoxy) is 1. The van der Waals surface area contributed by atoms with E-state index in [0.717, 1.165) is 0 Å². The number of hydrogen-bond donors (Lipinski definition) is 1. The van der Waals surface area contributed by atoms with E-state index < -0.39 is 5.97 Å². The Balaban J connectivity index is 2.20. The van der Waals surface area contributed by atoms with Crippen molar-refractivity contribution in [3.8, 4) is 0 Å². The number of carbonyl (C=O) groups is 2. The van der Waals surface area contributed by atoms with Gasteiger partial charge in [-0.05, 0) is 24.3 Å².